The van der Waals surface area contributed by atoms with Crippen LogP contribution in [-0.4, -0.2) is 24.5 Å². The summed E-state index contributed by atoms with van der Waals surface area (Å²) in [6.45, 7) is 11.0. The highest BCUT2D eigenvalue weighted by Gasteiger charge is 2.25. The van der Waals surface area contributed by atoms with E-state index in [1.54, 1.807) is 40.0 Å². The summed E-state index contributed by atoms with van der Waals surface area (Å²) in [6.07, 6.45) is 1.63. The number of amides is 2. The SMILES string of the molecule is COc1ccccc1/C=C(/NC(=O)C(C)(C)C)C(=O)NC(C)(C)C. The Morgan fingerprint density at radius 2 is 1.62 bits per heavy atom. The second-order valence-corrected chi connectivity index (χ2v) is 7.71. The quantitative estimate of drug-likeness (QED) is 0.833. The lowest BCUT2D eigenvalue weighted by Gasteiger charge is -2.24. The fourth-order valence-corrected chi connectivity index (χ4v) is 1.82. The average Bonchev–Trinajstić information content (AvgIpc) is 2.44. The predicted molar refractivity (Wildman–Crippen MR) is 96.5 cm³/mol. The normalized spacial score (nSPS) is 12.5. The van der Waals surface area contributed by atoms with E-state index in [0.29, 0.717) is 11.3 Å². The maximum Gasteiger partial charge on any atom is 0.268 e. The Morgan fingerprint density at radius 3 is 2.12 bits per heavy atom. The van der Waals surface area contributed by atoms with Crippen LogP contribution in [0.5, 0.6) is 5.75 Å². The first kappa shape index (κ1) is 19.7. The van der Waals surface area contributed by atoms with Crippen molar-refractivity contribution in [2.45, 2.75) is 47.1 Å². The third kappa shape index (κ3) is 6.07. The van der Waals surface area contributed by atoms with E-state index in [1.807, 2.05) is 39.0 Å². The standard InChI is InChI=1S/C19H28N2O3/c1-18(2,3)17(23)20-14(16(22)21-19(4,5)6)12-13-10-8-9-11-15(13)24-7/h8-12H,1-7H3,(H,20,23)(H,21,22)/b14-12+. The molecule has 0 spiro atoms. The van der Waals surface area contributed by atoms with Gasteiger partial charge in [0.15, 0.2) is 0 Å². The highest BCUT2D eigenvalue weighted by Crippen LogP contribution is 2.21. The number of methoxy groups -OCH3 is 1. The minimum absolute atomic E-state index is 0.189. The van der Waals surface area contributed by atoms with Crippen molar-refractivity contribution >= 4 is 17.9 Å². The molecule has 0 saturated heterocycles. The highest BCUT2D eigenvalue weighted by molar-refractivity contribution is 6.02. The molecule has 0 aliphatic carbocycles. The molecule has 5 heteroatoms. The maximum atomic E-state index is 12.6. The Labute approximate surface area is 144 Å². The van der Waals surface area contributed by atoms with E-state index in [1.165, 1.54) is 0 Å². The molecule has 1 rings (SSSR count). The van der Waals surface area contributed by atoms with Crippen LogP contribution < -0.4 is 15.4 Å². The number of rotatable bonds is 4. The Hall–Kier alpha value is -2.30. The molecule has 2 N–H and O–H groups in total. The van der Waals surface area contributed by atoms with E-state index in [4.69, 9.17) is 4.74 Å². The molecule has 0 aliphatic heterocycles. The fraction of sp³-hybridized carbons (Fsp3) is 0.474. The van der Waals surface area contributed by atoms with Gasteiger partial charge in [-0.05, 0) is 32.9 Å². The molecule has 0 heterocycles. The summed E-state index contributed by atoms with van der Waals surface area (Å²) in [5, 5.41) is 5.60. The van der Waals surface area contributed by atoms with Gasteiger partial charge in [-0.1, -0.05) is 39.0 Å². The molecular formula is C19H28N2O3. The number of nitrogens with one attached hydrogen (secondary N) is 2. The van der Waals surface area contributed by atoms with Crippen molar-refractivity contribution in [3.63, 3.8) is 0 Å². The lowest BCUT2D eigenvalue weighted by molar-refractivity contribution is -0.129. The van der Waals surface area contributed by atoms with Crippen LogP contribution in [0.25, 0.3) is 6.08 Å². The second-order valence-electron chi connectivity index (χ2n) is 7.71. The molecule has 0 aliphatic rings. The van der Waals surface area contributed by atoms with E-state index < -0.39 is 11.0 Å². The Kier molecular flexibility index (Phi) is 6.18. The van der Waals surface area contributed by atoms with Crippen molar-refractivity contribution in [3.05, 3.63) is 35.5 Å². The van der Waals surface area contributed by atoms with Gasteiger partial charge in [0, 0.05) is 16.5 Å². The maximum absolute atomic E-state index is 12.6. The van der Waals surface area contributed by atoms with E-state index in [9.17, 15) is 9.59 Å². The Balaban J connectivity index is 3.24. The van der Waals surface area contributed by atoms with Crippen LogP contribution in [0.3, 0.4) is 0 Å². The molecule has 1 aromatic carbocycles. The monoisotopic (exact) mass is 332 g/mol. The van der Waals surface area contributed by atoms with Crippen LogP contribution in [0.2, 0.25) is 0 Å². The van der Waals surface area contributed by atoms with Gasteiger partial charge < -0.3 is 15.4 Å². The van der Waals surface area contributed by atoms with Gasteiger partial charge in [-0.3, -0.25) is 9.59 Å². The van der Waals surface area contributed by atoms with Crippen molar-refractivity contribution in [1.82, 2.24) is 10.6 Å². The highest BCUT2D eigenvalue weighted by atomic mass is 16.5. The molecule has 0 radical (unpaired) electrons. The van der Waals surface area contributed by atoms with Crippen LogP contribution >= 0.6 is 0 Å². The van der Waals surface area contributed by atoms with Crippen molar-refractivity contribution in [2.75, 3.05) is 7.11 Å². The number of carbonyl (C=O) groups is 2. The minimum atomic E-state index is -0.609. The number of hydrogen-bond acceptors (Lipinski definition) is 3. The van der Waals surface area contributed by atoms with Crippen LogP contribution in [-0.2, 0) is 9.59 Å². The van der Waals surface area contributed by atoms with Crippen LogP contribution in [0, 0.1) is 5.41 Å². The molecule has 0 saturated carbocycles. The summed E-state index contributed by atoms with van der Waals surface area (Å²) in [7, 11) is 1.56. The second kappa shape index (κ2) is 7.51. The zero-order chi connectivity index (χ0) is 18.5. The molecule has 132 valence electrons. The lowest BCUT2D eigenvalue weighted by atomic mass is 9.95. The molecule has 1 aromatic rings. The zero-order valence-corrected chi connectivity index (χ0v) is 15.6. The van der Waals surface area contributed by atoms with Crippen molar-refractivity contribution in [1.29, 1.82) is 0 Å². The van der Waals surface area contributed by atoms with Crippen molar-refractivity contribution in [2.24, 2.45) is 5.41 Å². The van der Waals surface area contributed by atoms with Gasteiger partial charge in [-0.25, -0.2) is 0 Å². The van der Waals surface area contributed by atoms with Gasteiger partial charge >= 0.3 is 0 Å². The van der Waals surface area contributed by atoms with Crippen LogP contribution in [0.15, 0.2) is 30.0 Å². The van der Waals surface area contributed by atoms with Gasteiger partial charge in [0.2, 0.25) is 5.91 Å². The lowest BCUT2D eigenvalue weighted by Crippen LogP contribution is -2.46. The van der Waals surface area contributed by atoms with Crippen LogP contribution in [0.1, 0.15) is 47.1 Å². The summed E-state index contributed by atoms with van der Waals surface area (Å²) >= 11 is 0. The first-order valence-electron chi connectivity index (χ1n) is 7.93. The van der Waals surface area contributed by atoms with E-state index in [0.717, 1.165) is 0 Å². The number of ether oxygens (including phenoxy) is 1. The van der Waals surface area contributed by atoms with Crippen molar-refractivity contribution < 1.29 is 14.3 Å². The fourth-order valence-electron chi connectivity index (χ4n) is 1.82. The Morgan fingerprint density at radius 1 is 1.04 bits per heavy atom. The van der Waals surface area contributed by atoms with Gasteiger partial charge in [-0.2, -0.15) is 0 Å². The topological polar surface area (TPSA) is 67.4 Å². The molecule has 0 atom stereocenters. The summed E-state index contributed by atoms with van der Waals surface area (Å²) in [5.41, 5.74) is -0.117. The Bertz CT molecular complexity index is 635. The molecule has 0 fully saturated rings. The van der Waals surface area contributed by atoms with Crippen LogP contribution in [0.4, 0.5) is 0 Å². The van der Waals surface area contributed by atoms with Gasteiger partial charge in [0.1, 0.15) is 11.4 Å². The number of hydrogen-bond donors (Lipinski definition) is 2. The van der Waals surface area contributed by atoms with Gasteiger partial charge in [0.25, 0.3) is 5.91 Å². The van der Waals surface area contributed by atoms with E-state index in [2.05, 4.69) is 10.6 Å². The molecule has 0 unspecified atom stereocenters. The molecule has 0 bridgehead atoms. The molecule has 5 nitrogen and oxygen atoms in total. The average molecular weight is 332 g/mol. The van der Waals surface area contributed by atoms with Gasteiger partial charge in [-0.15, -0.1) is 0 Å². The summed E-state index contributed by atoms with van der Waals surface area (Å²) in [5.74, 6) is 0.0577. The molecular weight excluding hydrogens is 304 g/mol. The molecule has 0 aromatic heterocycles. The predicted octanol–water partition coefficient (Wildman–Crippen LogP) is 3.11. The molecule has 24 heavy (non-hydrogen) atoms. The first-order chi connectivity index (χ1) is 10.9. The minimum Gasteiger partial charge on any atom is -0.496 e. The number of para-hydroxylation sites is 1. The van der Waals surface area contributed by atoms with Gasteiger partial charge in [0.05, 0.1) is 7.11 Å². The summed E-state index contributed by atoms with van der Waals surface area (Å²) < 4.78 is 5.31. The number of carbonyl (C=O) groups excluding carboxylic acids is 2. The summed E-state index contributed by atoms with van der Waals surface area (Å²) in [6, 6.07) is 7.32. The smallest absolute Gasteiger partial charge is 0.268 e. The summed E-state index contributed by atoms with van der Waals surface area (Å²) in [4.78, 5) is 24.9. The molecule has 2 amide bonds. The van der Waals surface area contributed by atoms with E-state index >= 15 is 0 Å². The number of benzene rings is 1. The van der Waals surface area contributed by atoms with E-state index in [-0.39, 0.29) is 17.5 Å². The zero-order valence-electron chi connectivity index (χ0n) is 15.6. The first-order valence-corrected chi connectivity index (χ1v) is 7.93. The third-order valence-electron chi connectivity index (χ3n) is 3.10. The van der Waals surface area contributed by atoms with Crippen molar-refractivity contribution in [3.8, 4) is 5.75 Å². The third-order valence-corrected chi connectivity index (χ3v) is 3.10. The largest absolute Gasteiger partial charge is 0.496 e.